The third kappa shape index (κ3) is 8.37. The molecule has 1 amide bonds. The summed E-state index contributed by atoms with van der Waals surface area (Å²) in [5.41, 5.74) is 10.2. The zero-order chi connectivity index (χ0) is 24.7. The fourth-order valence-corrected chi connectivity index (χ4v) is 5.67. The number of anilines is 1. The van der Waals surface area contributed by atoms with Crippen LogP contribution in [0.5, 0.6) is 11.5 Å². The van der Waals surface area contributed by atoms with Crippen LogP contribution in [0.4, 0.5) is 5.69 Å². The molecule has 0 unspecified atom stereocenters. The largest absolute Gasteiger partial charge is 0.493 e. The molecule has 0 atom stereocenters. The number of hydrogen-bond donors (Lipinski definition) is 1. The van der Waals surface area contributed by atoms with Gasteiger partial charge < -0.3 is 25.0 Å². The Morgan fingerprint density at radius 3 is 2.20 bits per heavy atom. The Kier molecular flexibility index (Phi) is 12.4. The molecule has 35 heavy (non-hydrogen) atoms. The zero-order valence-corrected chi connectivity index (χ0v) is 25.6. The number of unbranched alkanes of at least 4 members (excludes halogenated alkanes) is 1. The number of amides is 1. The maximum absolute atomic E-state index is 12.8. The molecule has 1 aliphatic heterocycles. The standard InChI is InChI=1S/C26H35Br2N3O3.BrH/c1-30(9-5-4-7-18-13-21(27)26(29)22(28)14-18)10-6-11-31-12-8-19-15-23(33-2)24(34-3)16-20(19)17-25(31)32;/h13-16H,4-12,17,29H2,1-3H3;1H. The topological polar surface area (TPSA) is 68.0 Å². The second-order valence-corrected chi connectivity index (χ2v) is 10.6. The van der Waals surface area contributed by atoms with Gasteiger partial charge in [-0.15, -0.1) is 17.0 Å². The fourth-order valence-electron chi connectivity index (χ4n) is 4.39. The SMILES string of the molecule is Br.COc1cc2c(cc1OC)CC(=O)N(CCCN(C)CCCCc1cc(Br)c(N)c(Br)c1)CC2. The van der Waals surface area contributed by atoms with Gasteiger partial charge in [-0.25, -0.2) is 0 Å². The Balaban J connectivity index is 0.00000432. The maximum Gasteiger partial charge on any atom is 0.227 e. The van der Waals surface area contributed by atoms with Crippen LogP contribution in [-0.4, -0.2) is 63.2 Å². The van der Waals surface area contributed by atoms with Crippen LogP contribution in [0.1, 0.15) is 36.0 Å². The predicted octanol–water partition coefficient (Wildman–Crippen LogP) is 5.66. The molecule has 0 saturated heterocycles. The molecule has 1 heterocycles. The minimum Gasteiger partial charge on any atom is -0.493 e. The summed E-state index contributed by atoms with van der Waals surface area (Å²) in [6.07, 6.45) is 5.53. The molecular formula is C26H36Br3N3O3. The van der Waals surface area contributed by atoms with Gasteiger partial charge in [-0.1, -0.05) is 0 Å². The lowest BCUT2D eigenvalue weighted by Gasteiger charge is -2.22. The molecule has 0 spiro atoms. The fraction of sp³-hybridized carbons (Fsp3) is 0.500. The minimum atomic E-state index is 0. The highest BCUT2D eigenvalue weighted by Gasteiger charge is 2.22. The van der Waals surface area contributed by atoms with Gasteiger partial charge in [-0.3, -0.25) is 4.79 Å². The maximum atomic E-state index is 12.8. The number of rotatable bonds is 11. The van der Waals surface area contributed by atoms with Crippen LogP contribution in [0.2, 0.25) is 0 Å². The molecule has 1 aliphatic rings. The average molecular weight is 678 g/mol. The van der Waals surface area contributed by atoms with Crippen molar-refractivity contribution in [2.75, 3.05) is 53.2 Å². The van der Waals surface area contributed by atoms with E-state index >= 15 is 0 Å². The summed E-state index contributed by atoms with van der Waals surface area (Å²) < 4.78 is 12.7. The van der Waals surface area contributed by atoms with Gasteiger partial charge in [0.05, 0.1) is 26.3 Å². The first kappa shape index (κ1) is 29.9. The second kappa shape index (κ2) is 14.4. The molecule has 0 aromatic heterocycles. The van der Waals surface area contributed by atoms with Crippen molar-refractivity contribution in [3.8, 4) is 11.5 Å². The minimum absolute atomic E-state index is 0. The summed E-state index contributed by atoms with van der Waals surface area (Å²) in [6.45, 7) is 3.57. The van der Waals surface area contributed by atoms with Crippen LogP contribution in [0, 0.1) is 0 Å². The van der Waals surface area contributed by atoms with Crippen molar-refractivity contribution in [2.24, 2.45) is 0 Å². The van der Waals surface area contributed by atoms with Gasteiger partial charge in [-0.05, 0) is 125 Å². The Hall–Kier alpha value is -1.29. The molecule has 2 aromatic carbocycles. The molecule has 0 bridgehead atoms. The number of carbonyl (C=O) groups excluding carboxylic acids is 1. The Morgan fingerprint density at radius 1 is 0.971 bits per heavy atom. The number of benzene rings is 2. The molecule has 2 N–H and O–H groups in total. The Morgan fingerprint density at radius 2 is 1.57 bits per heavy atom. The lowest BCUT2D eigenvalue weighted by atomic mass is 10.0. The summed E-state index contributed by atoms with van der Waals surface area (Å²) in [6, 6.07) is 8.17. The van der Waals surface area contributed by atoms with Gasteiger partial charge in [0, 0.05) is 22.0 Å². The lowest BCUT2D eigenvalue weighted by Crippen LogP contribution is -2.35. The van der Waals surface area contributed by atoms with Crippen LogP contribution in [0.15, 0.2) is 33.2 Å². The first-order chi connectivity index (χ1) is 16.3. The summed E-state index contributed by atoms with van der Waals surface area (Å²) in [5.74, 6) is 1.59. The Bertz CT molecular complexity index is 980. The van der Waals surface area contributed by atoms with E-state index in [0.29, 0.717) is 12.2 Å². The van der Waals surface area contributed by atoms with Gasteiger partial charge in [-0.2, -0.15) is 0 Å². The summed E-state index contributed by atoms with van der Waals surface area (Å²) in [7, 11) is 5.43. The summed E-state index contributed by atoms with van der Waals surface area (Å²) >= 11 is 7.04. The zero-order valence-electron chi connectivity index (χ0n) is 20.7. The number of hydrogen-bond acceptors (Lipinski definition) is 5. The number of methoxy groups -OCH3 is 2. The number of nitrogens with two attached hydrogens (primary N) is 1. The molecule has 6 nitrogen and oxygen atoms in total. The van der Waals surface area contributed by atoms with E-state index in [0.717, 1.165) is 84.2 Å². The van der Waals surface area contributed by atoms with Crippen molar-refractivity contribution < 1.29 is 14.3 Å². The quantitative estimate of drug-likeness (QED) is 0.246. The van der Waals surface area contributed by atoms with Gasteiger partial charge >= 0.3 is 0 Å². The number of halogens is 3. The van der Waals surface area contributed by atoms with E-state index < -0.39 is 0 Å². The molecule has 0 radical (unpaired) electrons. The molecular weight excluding hydrogens is 642 g/mol. The monoisotopic (exact) mass is 675 g/mol. The third-order valence-electron chi connectivity index (χ3n) is 6.41. The average Bonchev–Trinajstić information content (AvgIpc) is 2.97. The number of nitrogens with zero attached hydrogens (tertiary/aromatic N) is 2. The smallest absolute Gasteiger partial charge is 0.227 e. The van der Waals surface area contributed by atoms with Gasteiger partial charge in [0.1, 0.15) is 0 Å². The number of ether oxygens (including phenoxy) is 2. The number of nitrogen functional groups attached to an aromatic ring is 1. The second-order valence-electron chi connectivity index (χ2n) is 8.87. The van der Waals surface area contributed by atoms with Crippen molar-refractivity contribution in [3.05, 3.63) is 49.9 Å². The predicted molar refractivity (Wildman–Crippen MR) is 155 cm³/mol. The van der Waals surface area contributed by atoms with Crippen molar-refractivity contribution in [2.45, 2.75) is 38.5 Å². The van der Waals surface area contributed by atoms with E-state index in [-0.39, 0.29) is 22.9 Å². The molecule has 2 aromatic rings. The summed E-state index contributed by atoms with van der Waals surface area (Å²) in [4.78, 5) is 17.2. The highest BCUT2D eigenvalue weighted by atomic mass is 79.9. The Labute approximate surface area is 236 Å². The summed E-state index contributed by atoms with van der Waals surface area (Å²) in [5, 5.41) is 0. The first-order valence-electron chi connectivity index (χ1n) is 11.8. The van der Waals surface area contributed by atoms with Crippen LogP contribution >= 0.6 is 48.8 Å². The first-order valence-corrected chi connectivity index (χ1v) is 13.3. The van der Waals surface area contributed by atoms with Crippen molar-refractivity contribution >= 4 is 60.4 Å². The van der Waals surface area contributed by atoms with Crippen LogP contribution < -0.4 is 15.2 Å². The van der Waals surface area contributed by atoms with Gasteiger partial charge in [0.2, 0.25) is 5.91 Å². The van der Waals surface area contributed by atoms with E-state index in [2.05, 4.69) is 55.9 Å². The van der Waals surface area contributed by atoms with E-state index in [9.17, 15) is 4.79 Å². The van der Waals surface area contributed by atoms with Crippen LogP contribution in [0.25, 0.3) is 0 Å². The van der Waals surface area contributed by atoms with Crippen molar-refractivity contribution in [1.29, 1.82) is 0 Å². The van der Waals surface area contributed by atoms with E-state index in [1.54, 1.807) is 14.2 Å². The molecule has 0 saturated carbocycles. The number of carbonyl (C=O) groups is 1. The number of aryl methyl sites for hydroxylation is 1. The van der Waals surface area contributed by atoms with Gasteiger partial charge in [0.25, 0.3) is 0 Å². The molecule has 3 rings (SSSR count). The normalized spacial score (nSPS) is 13.3. The van der Waals surface area contributed by atoms with Gasteiger partial charge in [0.15, 0.2) is 11.5 Å². The lowest BCUT2D eigenvalue weighted by molar-refractivity contribution is -0.130. The van der Waals surface area contributed by atoms with Crippen molar-refractivity contribution in [3.63, 3.8) is 0 Å². The van der Waals surface area contributed by atoms with Crippen LogP contribution in [0.3, 0.4) is 0 Å². The van der Waals surface area contributed by atoms with E-state index in [4.69, 9.17) is 15.2 Å². The molecule has 0 fully saturated rings. The van der Waals surface area contributed by atoms with E-state index in [1.807, 2.05) is 17.0 Å². The molecule has 0 aliphatic carbocycles. The highest BCUT2D eigenvalue weighted by molar-refractivity contribution is 9.11. The molecule has 194 valence electrons. The number of fused-ring (bicyclic) bond motifs is 1. The van der Waals surface area contributed by atoms with E-state index in [1.165, 1.54) is 11.1 Å². The third-order valence-corrected chi connectivity index (χ3v) is 7.73. The van der Waals surface area contributed by atoms with Crippen LogP contribution in [-0.2, 0) is 24.1 Å². The highest BCUT2D eigenvalue weighted by Crippen LogP contribution is 2.32. The van der Waals surface area contributed by atoms with Crippen molar-refractivity contribution in [1.82, 2.24) is 9.80 Å². The molecule has 9 heteroatoms.